The molecule has 0 radical (unpaired) electrons. The van der Waals surface area contributed by atoms with Crippen molar-refractivity contribution in [1.82, 2.24) is 20.1 Å². The third kappa shape index (κ3) is 7.34. The summed E-state index contributed by atoms with van der Waals surface area (Å²) in [6.07, 6.45) is 4.79. The average Bonchev–Trinajstić information content (AvgIpc) is 3.55. The van der Waals surface area contributed by atoms with E-state index in [0.29, 0.717) is 52.5 Å². The zero-order valence-electron chi connectivity index (χ0n) is 27.1. The van der Waals surface area contributed by atoms with Crippen molar-refractivity contribution in [1.29, 1.82) is 0 Å². The van der Waals surface area contributed by atoms with E-state index in [1.165, 1.54) is 7.11 Å². The normalized spacial score (nSPS) is 13.4. The molecule has 3 amide bonds. The molecule has 242 valence electrons. The number of amides is 3. The van der Waals surface area contributed by atoms with Crippen LogP contribution >= 0.6 is 0 Å². The molecule has 1 aliphatic heterocycles. The average molecular weight is 626 g/mol. The maximum absolute atomic E-state index is 13.5. The molecule has 3 aromatic carbocycles. The molecule has 0 unspecified atom stereocenters. The van der Waals surface area contributed by atoms with E-state index in [1.54, 1.807) is 31.4 Å². The number of nitrogens with one attached hydrogen (secondary N) is 3. The van der Waals surface area contributed by atoms with Gasteiger partial charge >= 0.3 is 0 Å². The van der Waals surface area contributed by atoms with Crippen LogP contribution < -0.4 is 20.1 Å². The number of carbonyl (C=O) groups is 3. The Morgan fingerprint density at radius 1 is 0.913 bits per heavy atom. The zero-order valence-corrected chi connectivity index (χ0v) is 27.1. The number of hydrogen-bond donors (Lipinski definition) is 3. The predicted octanol–water partition coefficient (Wildman–Crippen LogP) is 5.48. The molecular weight excluding hydrogens is 582 g/mol. The number of aryl methyl sites for hydroxylation is 1. The van der Waals surface area contributed by atoms with E-state index in [2.05, 4.69) is 27.6 Å². The molecule has 0 aliphatic carbocycles. The molecule has 1 saturated heterocycles. The summed E-state index contributed by atoms with van der Waals surface area (Å²) < 4.78 is 12.2. The summed E-state index contributed by atoms with van der Waals surface area (Å²) in [5.74, 6) is 0.580. The molecule has 10 nitrogen and oxygen atoms in total. The topological polar surface area (TPSA) is 116 Å². The van der Waals surface area contributed by atoms with Crippen molar-refractivity contribution in [2.75, 3.05) is 59.3 Å². The molecule has 1 aliphatic rings. The number of para-hydroxylation sites is 1. The maximum atomic E-state index is 13.5. The molecule has 3 N–H and O–H groups in total. The Kier molecular flexibility index (Phi) is 10.6. The van der Waals surface area contributed by atoms with Crippen molar-refractivity contribution in [3.8, 4) is 22.6 Å². The van der Waals surface area contributed by atoms with E-state index >= 15 is 0 Å². The summed E-state index contributed by atoms with van der Waals surface area (Å²) in [7, 11) is 5.18. The summed E-state index contributed by atoms with van der Waals surface area (Å²) in [6, 6.07) is 16.6. The van der Waals surface area contributed by atoms with Crippen molar-refractivity contribution >= 4 is 34.3 Å². The van der Waals surface area contributed by atoms with Gasteiger partial charge in [-0.3, -0.25) is 14.4 Å². The minimum absolute atomic E-state index is 0.223. The van der Waals surface area contributed by atoms with E-state index in [9.17, 15) is 14.4 Å². The lowest BCUT2D eigenvalue weighted by atomic mass is 9.95. The van der Waals surface area contributed by atoms with Crippen molar-refractivity contribution in [2.45, 2.75) is 32.6 Å². The highest BCUT2D eigenvalue weighted by atomic mass is 16.5. The van der Waals surface area contributed by atoms with Crippen molar-refractivity contribution in [2.24, 2.45) is 0 Å². The number of anilines is 1. The smallest absolute Gasteiger partial charge is 0.257 e. The first-order valence-electron chi connectivity index (χ1n) is 15.8. The van der Waals surface area contributed by atoms with E-state index in [0.717, 1.165) is 61.9 Å². The molecule has 1 aromatic heterocycles. The van der Waals surface area contributed by atoms with Crippen LogP contribution in [-0.4, -0.2) is 86.5 Å². The lowest BCUT2D eigenvalue weighted by Crippen LogP contribution is -2.47. The first-order chi connectivity index (χ1) is 22.3. The van der Waals surface area contributed by atoms with E-state index in [4.69, 9.17) is 9.47 Å². The van der Waals surface area contributed by atoms with Gasteiger partial charge in [0, 0.05) is 62.4 Å². The van der Waals surface area contributed by atoms with Gasteiger partial charge in [-0.25, -0.2) is 0 Å². The van der Waals surface area contributed by atoms with Crippen molar-refractivity contribution in [3.63, 3.8) is 0 Å². The highest BCUT2D eigenvalue weighted by Crippen LogP contribution is 2.44. The number of rotatable bonds is 12. The van der Waals surface area contributed by atoms with E-state index in [-0.39, 0.29) is 17.7 Å². The Morgan fingerprint density at radius 3 is 2.48 bits per heavy atom. The number of likely N-dealkylation sites (N-methyl/N-ethyl adjacent to an activating group) is 1. The van der Waals surface area contributed by atoms with Crippen molar-refractivity contribution in [3.05, 3.63) is 77.5 Å². The second-order valence-corrected chi connectivity index (χ2v) is 11.7. The largest absolute Gasteiger partial charge is 0.494 e. The number of carbonyl (C=O) groups excluding carboxylic acids is 3. The summed E-state index contributed by atoms with van der Waals surface area (Å²) in [6.45, 7) is 5.87. The standard InChI is InChI=1S/C36H43N5O5/c1-24-12-13-26(30(23-24)46-22-7-5-6-11-31(42)41-20-18-40(3)19-21-41)32-27(35(43)37-2)14-15-29(34(32)45-4)39-36(44)28-10-8-9-25-16-17-38-33(25)28/h8-10,12-17,23,38H,5-7,11,18-22H2,1-4H3,(H,37,43)(H,39,44). The molecule has 0 atom stereocenters. The van der Waals surface area contributed by atoms with Crippen LogP contribution in [0.1, 0.15) is 52.0 Å². The molecule has 46 heavy (non-hydrogen) atoms. The van der Waals surface area contributed by atoms with E-state index < -0.39 is 0 Å². The van der Waals surface area contributed by atoms with Crippen LogP contribution in [0, 0.1) is 6.92 Å². The number of aromatic nitrogens is 1. The van der Waals surface area contributed by atoms with Gasteiger partial charge in [0.1, 0.15) is 5.75 Å². The lowest BCUT2D eigenvalue weighted by Gasteiger charge is -2.32. The van der Waals surface area contributed by atoms with Gasteiger partial charge in [-0.2, -0.15) is 0 Å². The molecule has 2 heterocycles. The van der Waals surface area contributed by atoms with Crippen LogP contribution in [0.2, 0.25) is 0 Å². The second-order valence-electron chi connectivity index (χ2n) is 11.7. The van der Waals surface area contributed by atoms with Crippen LogP contribution in [0.4, 0.5) is 5.69 Å². The number of fused-ring (bicyclic) bond motifs is 1. The summed E-state index contributed by atoms with van der Waals surface area (Å²) in [4.78, 5) is 46.5. The quantitative estimate of drug-likeness (QED) is 0.180. The van der Waals surface area contributed by atoms with Gasteiger partial charge in [0.25, 0.3) is 11.8 Å². The van der Waals surface area contributed by atoms with Crippen LogP contribution in [0.25, 0.3) is 22.0 Å². The Morgan fingerprint density at radius 2 is 1.72 bits per heavy atom. The van der Waals surface area contributed by atoms with Gasteiger partial charge in [-0.15, -0.1) is 0 Å². The van der Waals surface area contributed by atoms with E-state index in [1.807, 2.05) is 48.2 Å². The Balaban J connectivity index is 1.34. The highest BCUT2D eigenvalue weighted by molar-refractivity contribution is 6.13. The lowest BCUT2D eigenvalue weighted by molar-refractivity contribution is -0.132. The highest BCUT2D eigenvalue weighted by Gasteiger charge is 2.25. The number of benzene rings is 3. The first kappa shape index (κ1) is 32.6. The summed E-state index contributed by atoms with van der Waals surface area (Å²) in [5.41, 5.74) is 4.24. The number of hydrogen-bond acceptors (Lipinski definition) is 6. The molecular formula is C36H43N5O5. The number of nitrogens with zero attached hydrogens (tertiary/aromatic N) is 2. The second kappa shape index (κ2) is 15.0. The fraction of sp³-hybridized carbons (Fsp3) is 0.361. The Bertz CT molecular complexity index is 1710. The number of unbranched alkanes of at least 4 members (excludes halogenated alkanes) is 2. The molecule has 10 heteroatoms. The number of ether oxygens (including phenoxy) is 2. The fourth-order valence-corrected chi connectivity index (χ4v) is 5.85. The number of H-pyrrole nitrogens is 1. The van der Waals surface area contributed by atoms with Crippen LogP contribution in [0.3, 0.4) is 0 Å². The number of methoxy groups -OCH3 is 1. The monoisotopic (exact) mass is 625 g/mol. The molecule has 0 bridgehead atoms. The van der Waals surface area contributed by atoms with Gasteiger partial charge in [0.15, 0.2) is 5.75 Å². The Hall–Kier alpha value is -4.83. The molecule has 5 rings (SSSR count). The fourth-order valence-electron chi connectivity index (χ4n) is 5.85. The van der Waals surface area contributed by atoms with Crippen LogP contribution in [0.15, 0.2) is 60.8 Å². The summed E-state index contributed by atoms with van der Waals surface area (Å²) >= 11 is 0. The van der Waals surface area contributed by atoms with Gasteiger partial charge in [0.05, 0.1) is 36.0 Å². The minimum atomic E-state index is -0.309. The van der Waals surface area contributed by atoms with Gasteiger partial charge in [-0.1, -0.05) is 24.3 Å². The van der Waals surface area contributed by atoms with Crippen LogP contribution in [-0.2, 0) is 4.79 Å². The number of aromatic amines is 1. The SMILES string of the molecule is CNC(=O)c1ccc(NC(=O)c2cccc3cc[nH]c23)c(OC)c1-c1ccc(C)cc1OCCCCCC(=O)N1CCN(C)CC1. The minimum Gasteiger partial charge on any atom is -0.494 e. The molecule has 1 fully saturated rings. The predicted molar refractivity (Wildman–Crippen MR) is 181 cm³/mol. The van der Waals surface area contributed by atoms with Gasteiger partial charge < -0.3 is 34.9 Å². The molecule has 4 aromatic rings. The first-order valence-corrected chi connectivity index (χ1v) is 15.8. The molecule has 0 saturated carbocycles. The van der Waals surface area contributed by atoms with Crippen molar-refractivity contribution < 1.29 is 23.9 Å². The third-order valence-electron chi connectivity index (χ3n) is 8.47. The zero-order chi connectivity index (χ0) is 32.6. The molecule has 0 spiro atoms. The maximum Gasteiger partial charge on any atom is 0.257 e. The Labute approximate surface area is 270 Å². The van der Waals surface area contributed by atoms with Gasteiger partial charge in [-0.05, 0) is 69.1 Å². The summed E-state index contributed by atoms with van der Waals surface area (Å²) in [5, 5.41) is 6.64. The van der Waals surface area contributed by atoms with Crippen LogP contribution in [0.5, 0.6) is 11.5 Å². The number of piperazine rings is 1. The third-order valence-corrected chi connectivity index (χ3v) is 8.47. The van der Waals surface area contributed by atoms with Gasteiger partial charge in [0.2, 0.25) is 5.91 Å².